The van der Waals surface area contributed by atoms with Crippen LogP contribution in [0.25, 0.3) is 0 Å². The van der Waals surface area contributed by atoms with Gasteiger partial charge in [-0.05, 0) is 50.3 Å². The Morgan fingerprint density at radius 1 is 1.13 bits per heavy atom. The Labute approximate surface area is 187 Å². The predicted octanol–water partition coefficient (Wildman–Crippen LogP) is 4.08. The van der Waals surface area contributed by atoms with Crippen molar-refractivity contribution in [2.75, 3.05) is 32.3 Å². The van der Waals surface area contributed by atoms with Crippen molar-refractivity contribution in [2.45, 2.75) is 31.1 Å². The molecule has 1 N–H and O–H groups in total. The van der Waals surface area contributed by atoms with Crippen molar-refractivity contribution in [1.29, 1.82) is 0 Å². The average molecular weight is 440 g/mol. The van der Waals surface area contributed by atoms with Crippen LogP contribution in [-0.4, -0.2) is 52.5 Å². The highest BCUT2D eigenvalue weighted by Crippen LogP contribution is 2.26. The fourth-order valence-corrected chi connectivity index (χ4v) is 4.09. The van der Waals surface area contributed by atoms with Crippen LogP contribution in [0.1, 0.15) is 30.8 Å². The molecule has 0 fully saturated rings. The summed E-state index contributed by atoms with van der Waals surface area (Å²) in [7, 11) is 5.71. The zero-order chi connectivity index (χ0) is 22.2. The average Bonchev–Trinajstić information content (AvgIpc) is 3.16. The molecular formula is C23H29N5O2S. The number of hydrogen-bond donors (Lipinski definition) is 1. The van der Waals surface area contributed by atoms with Crippen LogP contribution in [0.15, 0.2) is 59.8 Å². The standard InChI is InChI=1S/C23H29N5O2S/c1-5-20(27(2)3)22-25-26-23(28(22)15-17-9-7-6-8-10-17)31-16-21(29)24-18-11-13-19(30-4)14-12-18/h6-14,20H,5,15-16H2,1-4H3,(H,24,29). The molecular weight excluding hydrogens is 410 g/mol. The molecule has 164 valence electrons. The zero-order valence-corrected chi connectivity index (χ0v) is 19.2. The van der Waals surface area contributed by atoms with Crippen molar-refractivity contribution >= 4 is 23.4 Å². The number of anilines is 1. The molecule has 1 atom stereocenters. The lowest BCUT2D eigenvalue weighted by molar-refractivity contribution is -0.113. The van der Waals surface area contributed by atoms with E-state index in [9.17, 15) is 4.79 Å². The van der Waals surface area contributed by atoms with Crippen molar-refractivity contribution in [3.8, 4) is 5.75 Å². The van der Waals surface area contributed by atoms with E-state index in [0.717, 1.165) is 28.8 Å². The van der Waals surface area contributed by atoms with Crippen LogP contribution in [0.4, 0.5) is 5.69 Å². The number of nitrogens with one attached hydrogen (secondary N) is 1. The molecule has 1 amide bonds. The van der Waals surface area contributed by atoms with Crippen LogP contribution in [0, 0.1) is 0 Å². The Bertz CT molecular complexity index is 973. The zero-order valence-electron chi connectivity index (χ0n) is 18.4. The summed E-state index contributed by atoms with van der Waals surface area (Å²) in [6.45, 7) is 2.80. The number of nitrogens with zero attached hydrogens (tertiary/aromatic N) is 4. The van der Waals surface area contributed by atoms with Crippen LogP contribution in [0.3, 0.4) is 0 Å². The van der Waals surface area contributed by atoms with Crippen molar-refractivity contribution in [2.24, 2.45) is 0 Å². The van der Waals surface area contributed by atoms with Gasteiger partial charge >= 0.3 is 0 Å². The number of ether oxygens (including phenoxy) is 1. The molecule has 0 bridgehead atoms. The summed E-state index contributed by atoms with van der Waals surface area (Å²) in [5, 5.41) is 12.6. The molecule has 2 aromatic carbocycles. The van der Waals surface area contributed by atoms with E-state index in [4.69, 9.17) is 4.74 Å². The monoisotopic (exact) mass is 439 g/mol. The minimum atomic E-state index is -0.0920. The molecule has 1 heterocycles. The topological polar surface area (TPSA) is 72.3 Å². The summed E-state index contributed by atoms with van der Waals surface area (Å²) in [5.41, 5.74) is 1.90. The van der Waals surface area contributed by atoms with Gasteiger partial charge in [0.1, 0.15) is 5.75 Å². The highest BCUT2D eigenvalue weighted by atomic mass is 32.2. The van der Waals surface area contributed by atoms with E-state index in [-0.39, 0.29) is 17.7 Å². The van der Waals surface area contributed by atoms with Gasteiger partial charge in [-0.25, -0.2) is 0 Å². The fraction of sp³-hybridized carbons (Fsp3) is 0.348. The molecule has 0 aliphatic rings. The van der Waals surface area contributed by atoms with Gasteiger partial charge in [-0.1, -0.05) is 49.0 Å². The first kappa shape index (κ1) is 22.8. The van der Waals surface area contributed by atoms with Gasteiger partial charge in [0.2, 0.25) is 5.91 Å². The third-order valence-corrected chi connectivity index (χ3v) is 5.91. The van der Waals surface area contributed by atoms with Crippen LogP contribution < -0.4 is 10.1 Å². The van der Waals surface area contributed by atoms with E-state index in [1.165, 1.54) is 17.3 Å². The number of thioether (sulfide) groups is 1. The SMILES string of the molecule is CCC(c1nnc(SCC(=O)Nc2ccc(OC)cc2)n1Cc1ccccc1)N(C)C. The van der Waals surface area contributed by atoms with Crippen molar-refractivity contribution < 1.29 is 9.53 Å². The number of carbonyl (C=O) groups excluding carboxylic acids is 1. The van der Waals surface area contributed by atoms with Crippen LogP contribution in [-0.2, 0) is 11.3 Å². The number of benzene rings is 2. The lowest BCUT2D eigenvalue weighted by Crippen LogP contribution is -2.23. The minimum Gasteiger partial charge on any atom is -0.497 e. The highest BCUT2D eigenvalue weighted by molar-refractivity contribution is 7.99. The van der Waals surface area contributed by atoms with Crippen LogP contribution in [0.2, 0.25) is 0 Å². The number of hydrogen-bond acceptors (Lipinski definition) is 6. The second-order valence-electron chi connectivity index (χ2n) is 7.37. The maximum absolute atomic E-state index is 12.5. The molecule has 0 aliphatic carbocycles. The fourth-order valence-electron chi connectivity index (χ4n) is 3.35. The van der Waals surface area contributed by atoms with Crippen LogP contribution in [0.5, 0.6) is 5.75 Å². The number of amides is 1. The Kier molecular flexibility index (Phi) is 8.08. The number of aromatic nitrogens is 3. The maximum Gasteiger partial charge on any atom is 0.234 e. The summed E-state index contributed by atoms with van der Waals surface area (Å²) in [6, 6.07) is 17.7. The van der Waals surface area contributed by atoms with Gasteiger partial charge in [-0.3, -0.25) is 9.69 Å². The van der Waals surface area contributed by atoms with Gasteiger partial charge in [0.05, 0.1) is 25.4 Å². The molecule has 0 aliphatic heterocycles. The molecule has 8 heteroatoms. The van der Waals surface area contributed by atoms with Gasteiger partial charge < -0.3 is 14.6 Å². The predicted molar refractivity (Wildman–Crippen MR) is 125 cm³/mol. The summed E-state index contributed by atoms with van der Waals surface area (Å²) >= 11 is 1.40. The minimum absolute atomic E-state index is 0.0920. The van der Waals surface area contributed by atoms with Gasteiger partial charge in [0.15, 0.2) is 11.0 Å². The van der Waals surface area contributed by atoms with E-state index in [1.54, 1.807) is 7.11 Å². The molecule has 0 saturated heterocycles. The highest BCUT2D eigenvalue weighted by Gasteiger charge is 2.22. The van der Waals surface area contributed by atoms with E-state index in [2.05, 4.69) is 44.0 Å². The second-order valence-corrected chi connectivity index (χ2v) is 8.31. The second kappa shape index (κ2) is 11.0. The maximum atomic E-state index is 12.5. The first-order valence-electron chi connectivity index (χ1n) is 10.2. The molecule has 3 aromatic rings. The van der Waals surface area contributed by atoms with E-state index >= 15 is 0 Å². The summed E-state index contributed by atoms with van der Waals surface area (Å²) in [5.74, 6) is 1.82. The van der Waals surface area contributed by atoms with Gasteiger partial charge in [0, 0.05) is 5.69 Å². The molecule has 0 radical (unpaired) electrons. The molecule has 31 heavy (non-hydrogen) atoms. The Balaban J connectivity index is 1.74. The largest absolute Gasteiger partial charge is 0.497 e. The summed E-state index contributed by atoms with van der Waals surface area (Å²) < 4.78 is 7.27. The number of carbonyl (C=O) groups is 1. The quantitative estimate of drug-likeness (QED) is 0.480. The Morgan fingerprint density at radius 2 is 1.84 bits per heavy atom. The Morgan fingerprint density at radius 3 is 2.45 bits per heavy atom. The molecule has 7 nitrogen and oxygen atoms in total. The van der Waals surface area contributed by atoms with Crippen molar-refractivity contribution in [1.82, 2.24) is 19.7 Å². The third kappa shape index (κ3) is 6.08. The van der Waals surface area contributed by atoms with Crippen molar-refractivity contribution in [3.63, 3.8) is 0 Å². The molecule has 1 unspecified atom stereocenters. The summed E-state index contributed by atoms with van der Waals surface area (Å²) in [6.07, 6.45) is 0.919. The van der Waals surface area contributed by atoms with Gasteiger partial charge in [-0.15, -0.1) is 10.2 Å². The lowest BCUT2D eigenvalue weighted by atomic mass is 10.2. The van der Waals surface area contributed by atoms with E-state index in [0.29, 0.717) is 6.54 Å². The van der Waals surface area contributed by atoms with Gasteiger partial charge in [-0.2, -0.15) is 0 Å². The molecule has 3 rings (SSSR count). The first-order valence-corrected chi connectivity index (χ1v) is 11.2. The van der Waals surface area contributed by atoms with E-state index < -0.39 is 0 Å². The smallest absolute Gasteiger partial charge is 0.234 e. The van der Waals surface area contributed by atoms with E-state index in [1.807, 2.05) is 56.6 Å². The Hall–Kier alpha value is -2.84. The van der Waals surface area contributed by atoms with Gasteiger partial charge in [0.25, 0.3) is 0 Å². The molecule has 0 spiro atoms. The number of methoxy groups -OCH3 is 1. The number of rotatable bonds is 10. The molecule has 1 aromatic heterocycles. The first-order chi connectivity index (χ1) is 15.0. The molecule has 0 saturated carbocycles. The van der Waals surface area contributed by atoms with Crippen LogP contribution >= 0.6 is 11.8 Å². The normalized spacial score (nSPS) is 12.0. The third-order valence-electron chi connectivity index (χ3n) is 4.94. The summed E-state index contributed by atoms with van der Waals surface area (Å²) in [4.78, 5) is 14.6. The lowest BCUT2D eigenvalue weighted by Gasteiger charge is -2.23. The van der Waals surface area contributed by atoms with Crippen molar-refractivity contribution in [3.05, 3.63) is 66.0 Å².